The maximum Gasteiger partial charge on any atom is 0.187 e. The third-order valence-electron chi connectivity index (χ3n) is 2.57. The van der Waals surface area contributed by atoms with Crippen molar-refractivity contribution < 1.29 is 9.21 Å². The number of carbonyl (C=O) groups is 1. The summed E-state index contributed by atoms with van der Waals surface area (Å²) >= 11 is 0. The second-order valence-corrected chi connectivity index (χ2v) is 3.85. The molecule has 2 rings (SSSR count). The van der Waals surface area contributed by atoms with Crippen LogP contribution in [0.25, 0.3) is 0 Å². The van der Waals surface area contributed by atoms with Crippen LogP contribution in [0.1, 0.15) is 27.4 Å². The van der Waals surface area contributed by atoms with Crippen molar-refractivity contribution in [2.24, 2.45) is 0 Å². The fourth-order valence-corrected chi connectivity index (χ4v) is 1.71. The number of hydrogen-bond acceptors (Lipinski definition) is 3. The monoisotopic (exact) mass is 225 g/mol. The summed E-state index contributed by atoms with van der Waals surface area (Å²) < 4.78 is 4.86. The van der Waals surface area contributed by atoms with Gasteiger partial charge in [-0.1, -0.05) is 29.8 Å². The Balaban J connectivity index is 2.35. The third kappa shape index (κ3) is 2.26. The lowest BCUT2D eigenvalue weighted by atomic mass is 9.92. The largest absolute Gasteiger partial charge is 0.472 e. The second kappa shape index (κ2) is 4.67. The molecule has 3 heteroatoms. The molecule has 0 amide bonds. The lowest BCUT2D eigenvalue weighted by molar-refractivity contribution is 0.0978. The Morgan fingerprint density at radius 3 is 2.82 bits per heavy atom. The van der Waals surface area contributed by atoms with Crippen molar-refractivity contribution >= 4 is 5.78 Å². The molecular formula is C14H11NO2. The first kappa shape index (κ1) is 11.2. The Morgan fingerprint density at radius 2 is 2.24 bits per heavy atom. The zero-order valence-corrected chi connectivity index (χ0v) is 9.38. The molecule has 0 aliphatic carbocycles. The van der Waals surface area contributed by atoms with Crippen LogP contribution in [0.4, 0.5) is 0 Å². The van der Waals surface area contributed by atoms with Crippen LogP contribution in [0.5, 0.6) is 0 Å². The SMILES string of the molecule is Cc1cccc(C(C#N)C(=O)c2ccoc2)c1. The minimum atomic E-state index is -0.771. The van der Waals surface area contributed by atoms with Crippen LogP contribution in [-0.4, -0.2) is 5.78 Å². The Kier molecular flexibility index (Phi) is 3.06. The topological polar surface area (TPSA) is 54.0 Å². The van der Waals surface area contributed by atoms with Crippen molar-refractivity contribution in [1.29, 1.82) is 5.26 Å². The summed E-state index contributed by atoms with van der Waals surface area (Å²) in [7, 11) is 0. The average molecular weight is 225 g/mol. The van der Waals surface area contributed by atoms with Gasteiger partial charge in [0.05, 0.1) is 17.9 Å². The van der Waals surface area contributed by atoms with Gasteiger partial charge in [-0.05, 0) is 18.6 Å². The molecular weight excluding hydrogens is 214 g/mol. The first-order valence-corrected chi connectivity index (χ1v) is 5.25. The zero-order chi connectivity index (χ0) is 12.3. The van der Waals surface area contributed by atoms with Crippen LogP contribution < -0.4 is 0 Å². The van der Waals surface area contributed by atoms with Crippen LogP contribution in [0.3, 0.4) is 0 Å². The Hall–Kier alpha value is -2.34. The van der Waals surface area contributed by atoms with Crippen LogP contribution in [-0.2, 0) is 0 Å². The van der Waals surface area contributed by atoms with Gasteiger partial charge >= 0.3 is 0 Å². The molecule has 0 N–H and O–H groups in total. The molecule has 1 heterocycles. The van der Waals surface area contributed by atoms with E-state index in [1.54, 1.807) is 12.1 Å². The van der Waals surface area contributed by atoms with Gasteiger partial charge in [0.2, 0.25) is 0 Å². The third-order valence-corrected chi connectivity index (χ3v) is 2.57. The summed E-state index contributed by atoms with van der Waals surface area (Å²) in [6.45, 7) is 1.93. The molecule has 17 heavy (non-hydrogen) atoms. The number of rotatable bonds is 3. The van der Waals surface area contributed by atoms with Gasteiger partial charge in [-0.25, -0.2) is 0 Å². The van der Waals surface area contributed by atoms with Crippen LogP contribution in [0.2, 0.25) is 0 Å². The van der Waals surface area contributed by atoms with Crippen molar-refractivity contribution in [2.75, 3.05) is 0 Å². The molecule has 3 nitrogen and oxygen atoms in total. The molecule has 0 aliphatic heterocycles. The highest BCUT2D eigenvalue weighted by Gasteiger charge is 2.22. The van der Waals surface area contributed by atoms with Gasteiger partial charge in [-0.2, -0.15) is 5.26 Å². The molecule has 0 radical (unpaired) electrons. The number of nitriles is 1. The van der Waals surface area contributed by atoms with Crippen molar-refractivity contribution in [3.05, 3.63) is 59.5 Å². The van der Waals surface area contributed by atoms with Gasteiger partial charge in [0.15, 0.2) is 5.78 Å². The molecule has 0 saturated carbocycles. The van der Waals surface area contributed by atoms with Crippen LogP contribution >= 0.6 is 0 Å². The summed E-state index contributed by atoms with van der Waals surface area (Å²) in [5.74, 6) is -1.00. The molecule has 0 spiro atoms. The number of furan rings is 1. The van der Waals surface area contributed by atoms with Crippen molar-refractivity contribution in [2.45, 2.75) is 12.8 Å². The fourth-order valence-electron chi connectivity index (χ4n) is 1.71. The number of ketones is 1. The van der Waals surface area contributed by atoms with Crippen LogP contribution in [0, 0.1) is 18.3 Å². The highest BCUT2D eigenvalue weighted by atomic mass is 16.3. The number of aryl methyl sites for hydroxylation is 1. The molecule has 1 unspecified atom stereocenters. The van der Waals surface area contributed by atoms with Gasteiger partial charge < -0.3 is 4.42 Å². The number of carbonyl (C=O) groups excluding carboxylic acids is 1. The number of benzene rings is 1. The first-order valence-electron chi connectivity index (χ1n) is 5.25. The summed E-state index contributed by atoms with van der Waals surface area (Å²) in [5, 5.41) is 9.14. The van der Waals surface area contributed by atoms with E-state index >= 15 is 0 Å². The highest BCUT2D eigenvalue weighted by Crippen LogP contribution is 2.21. The molecule has 2 aromatic rings. The minimum absolute atomic E-state index is 0.230. The summed E-state index contributed by atoms with van der Waals surface area (Å²) in [6.07, 6.45) is 2.79. The van der Waals surface area contributed by atoms with E-state index in [9.17, 15) is 4.79 Å². The molecule has 0 fully saturated rings. The van der Waals surface area contributed by atoms with E-state index in [2.05, 4.69) is 0 Å². The lowest BCUT2D eigenvalue weighted by Gasteiger charge is -2.07. The average Bonchev–Trinajstić information content (AvgIpc) is 2.83. The smallest absolute Gasteiger partial charge is 0.187 e. The second-order valence-electron chi connectivity index (χ2n) is 3.85. The fraction of sp³-hybridized carbons (Fsp3) is 0.143. The van der Waals surface area contributed by atoms with Gasteiger partial charge in [0, 0.05) is 0 Å². The number of Topliss-reactive ketones (excluding diaryl/α,β-unsaturated/α-hetero) is 1. The molecule has 1 aromatic heterocycles. The Morgan fingerprint density at radius 1 is 1.41 bits per heavy atom. The van der Waals surface area contributed by atoms with Crippen LogP contribution in [0.15, 0.2) is 47.3 Å². The van der Waals surface area contributed by atoms with Crippen molar-refractivity contribution in [3.63, 3.8) is 0 Å². The predicted octanol–water partition coefficient (Wildman–Crippen LogP) is 3.08. The standard InChI is InChI=1S/C14H11NO2/c1-10-3-2-4-11(7-10)13(8-15)14(16)12-5-6-17-9-12/h2-7,9,13H,1H3. The molecule has 1 aromatic carbocycles. The quantitative estimate of drug-likeness (QED) is 0.754. The number of hydrogen-bond donors (Lipinski definition) is 0. The van der Waals surface area contributed by atoms with Gasteiger partial charge in [-0.15, -0.1) is 0 Å². The number of nitrogens with zero attached hydrogens (tertiary/aromatic N) is 1. The van der Waals surface area contributed by atoms with Gasteiger partial charge in [-0.3, -0.25) is 4.79 Å². The van der Waals surface area contributed by atoms with E-state index in [0.717, 1.165) is 11.1 Å². The zero-order valence-electron chi connectivity index (χ0n) is 9.38. The molecule has 0 aliphatic rings. The summed E-state index contributed by atoms with van der Waals surface area (Å²) in [5.41, 5.74) is 2.18. The molecule has 0 bridgehead atoms. The van der Waals surface area contributed by atoms with Crippen molar-refractivity contribution in [1.82, 2.24) is 0 Å². The molecule has 0 saturated heterocycles. The Bertz CT molecular complexity index is 564. The van der Waals surface area contributed by atoms with E-state index in [1.807, 2.05) is 31.2 Å². The van der Waals surface area contributed by atoms with Crippen molar-refractivity contribution in [3.8, 4) is 6.07 Å². The lowest BCUT2D eigenvalue weighted by Crippen LogP contribution is -2.10. The first-order chi connectivity index (χ1) is 8.22. The maximum atomic E-state index is 12.1. The van der Waals surface area contributed by atoms with Gasteiger partial charge in [0.25, 0.3) is 0 Å². The van der Waals surface area contributed by atoms with Gasteiger partial charge in [0.1, 0.15) is 12.2 Å². The maximum absolute atomic E-state index is 12.1. The Labute approximate surface area is 99.3 Å². The normalized spacial score (nSPS) is 11.8. The molecule has 1 atom stereocenters. The molecule has 84 valence electrons. The summed E-state index contributed by atoms with van der Waals surface area (Å²) in [6, 6.07) is 11.0. The van der Waals surface area contributed by atoms with E-state index in [0.29, 0.717) is 5.56 Å². The van der Waals surface area contributed by atoms with E-state index in [-0.39, 0.29) is 5.78 Å². The highest BCUT2D eigenvalue weighted by molar-refractivity contribution is 6.02. The summed E-state index contributed by atoms with van der Waals surface area (Å²) in [4.78, 5) is 12.1. The van der Waals surface area contributed by atoms with E-state index in [1.165, 1.54) is 12.5 Å². The van der Waals surface area contributed by atoms with E-state index in [4.69, 9.17) is 9.68 Å². The van der Waals surface area contributed by atoms with E-state index < -0.39 is 5.92 Å². The minimum Gasteiger partial charge on any atom is -0.472 e. The predicted molar refractivity (Wildman–Crippen MR) is 62.6 cm³/mol.